The van der Waals surface area contributed by atoms with E-state index in [-0.39, 0.29) is 12.7 Å². The summed E-state index contributed by atoms with van der Waals surface area (Å²) < 4.78 is 16.0. The molecule has 31 heavy (non-hydrogen) atoms. The minimum absolute atomic E-state index is 0.189. The van der Waals surface area contributed by atoms with E-state index in [9.17, 15) is 4.79 Å². The van der Waals surface area contributed by atoms with E-state index in [0.717, 1.165) is 5.56 Å². The summed E-state index contributed by atoms with van der Waals surface area (Å²) in [5.41, 5.74) is 2.41. The van der Waals surface area contributed by atoms with Crippen LogP contribution in [0, 0.1) is 0 Å². The third-order valence-corrected chi connectivity index (χ3v) is 5.34. The van der Waals surface area contributed by atoms with Crippen LogP contribution in [0.15, 0.2) is 77.4 Å². The third-order valence-electron chi connectivity index (χ3n) is 5.01. The largest absolute Gasteiger partial charge is 0.497 e. The Hall–Kier alpha value is -3.77. The maximum absolute atomic E-state index is 13.4. The van der Waals surface area contributed by atoms with Gasteiger partial charge in [-0.1, -0.05) is 29.8 Å². The number of fused-ring (bicyclic) bond motifs is 1. The first-order valence-corrected chi connectivity index (χ1v) is 9.95. The monoisotopic (exact) mass is 432 g/mol. The molecule has 0 unspecified atom stereocenters. The number of amides is 1. The lowest BCUT2D eigenvalue weighted by molar-refractivity contribution is -0.113. The van der Waals surface area contributed by atoms with E-state index < -0.39 is 0 Å². The van der Waals surface area contributed by atoms with E-state index in [4.69, 9.17) is 25.8 Å². The molecule has 3 aromatic rings. The van der Waals surface area contributed by atoms with Crippen molar-refractivity contribution in [1.29, 1.82) is 0 Å². The van der Waals surface area contributed by atoms with E-state index in [2.05, 4.69) is 4.99 Å². The number of hydrogen-bond acceptors (Lipinski definition) is 5. The lowest BCUT2D eigenvalue weighted by atomic mass is 10.1. The molecule has 0 saturated heterocycles. The number of ether oxygens (including phenoxy) is 3. The second kappa shape index (κ2) is 7.81. The molecule has 0 N–H and O–H groups in total. The Morgan fingerprint density at radius 1 is 1.03 bits per heavy atom. The zero-order valence-corrected chi connectivity index (χ0v) is 17.3. The Morgan fingerprint density at radius 3 is 2.58 bits per heavy atom. The SMILES string of the molecule is COc1ccc(N2C(=O)/C(=C\c3ccc4c(c3)OCO4)N=C2c2ccccc2Cl)cc1. The topological polar surface area (TPSA) is 60.4 Å². The summed E-state index contributed by atoms with van der Waals surface area (Å²) in [6.45, 7) is 0.189. The number of carbonyl (C=O) groups is 1. The quantitative estimate of drug-likeness (QED) is 0.549. The fraction of sp³-hybridized carbons (Fsp3) is 0.0833. The molecule has 6 nitrogen and oxygen atoms in total. The molecule has 0 aromatic heterocycles. The van der Waals surface area contributed by atoms with Crippen molar-refractivity contribution in [3.63, 3.8) is 0 Å². The summed E-state index contributed by atoms with van der Waals surface area (Å²) in [7, 11) is 1.60. The number of rotatable bonds is 4. The van der Waals surface area contributed by atoms with Crippen LogP contribution >= 0.6 is 11.6 Å². The average Bonchev–Trinajstić information content (AvgIpc) is 3.38. The fourth-order valence-electron chi connectivity index (χ4n) is 3.47. The maximum atomic E-state index is 13.4. The highest BCUT2D eigenvalue weighted by Crippen LogP contribution is 2.35. The summed E-state index contributed by atoms with van der Waals surface area (Å²) in [6, 6.07) is 20.0. The van der Waals surface area contributed by atoms with Crippen LogP contribution in [0.5, 0.6) is 17.2 Å². The van der Waals surface area contributed by atoms with Crippen molar-refractivity contribution in [3.8, 4) is 17.2 Å². The molecular weight excluding hydrogens is 416 g/mol. The minimum Gasteiger partial charge on any atom is -0.497 e. The van der Waals surface area contributed by atoms with Gasteiger partial charge in [0.1, 0.15) is 17.3 Å². The summed E-state index contributed by atoms with van der Waals surface area (Å²) in [4.78, 5) is 19.6. The molecule has 2 aliphatic heterocycles. The van der Waals surface area contributed by atoms with E-state index in [0.29, 0.717) is 45.1 Å². The van der Waals surface area contributed by atoms with Gasteiger partial charge in [-0.3, -0.25) is 9.69 Å². The van der Waals surface area contributed by atoms with Gasteiger partial charge in [-0.15, -0.1) is 0 Å². The summed E-state index contributed by atoms with van der Waals surface area (Å²) in [5, 5.41) is 0.511. The maximum Gasteiger partial charge on any atom is 0.282 e. The van der Waals surface area contributed by atoms with Gasteiger partial charge in [0.2, 0.25) is 6.79 Å². The van der Waals surface area contributed by atoms with Crippen LogP contribution in [0.1, 0.15) is 11.1 Å². The van der Waals surface area contributed by atoms with E-state index in [1.54, 1.807) is 36.3 Å². The Morgan fingerprint density at radius 2 is 1.81 bits per heavy atom. The highest BCUT2D eigenvalue weighted by molar-refractivity contribution is 6.39. The van der Waals surface area contributed by atoms with Gasteiger partial charge < -0.3 is 14.2 Å². The summed E-state index contributed by atoms with van der Waals surface area (Å²) in [6.07, 6.45) is 1.73. The number of carbonyl (C=O) groups excluding carboxylic acids is 1. The van der Waals surface area contributed by atoms with Crippen molar-refractivity contribution >= 4 is 35.1 Å². The number of methoxy groups -OCH3 is 1. The van der Waals surface area contributed by atoms with E-state index >= 15 is 0 Å². The Labute approximate surface area is 183 Å². The summed E-state index contributed by atoms with van der Waals surface area (Å²) >= 11 is 6.44. The molecule has 0 radical (unpaired) electrons. The molecular formula is C24H17ClN2O4. The van der Waals surface area contributed by atoms with Crippen molar-refractivity contribution in [2.75, 3.05) is 18.8 Å². The van der Waals surface area contributed by atoms with Crippen LogP contribution in [-0.2, 0) is 4.79 Å². The van der Waals surface area contributed by atoms with Gasteiger partial charge in [-0.05, 0) is 60.2 Å². The molecule has 7 heteroatoms. The van der Waals surface area contributed by atoms with Crippen LogP contribution in [0.4, 0.5) is 5.69 Å². The lowest BCUT2D eigenvalue weighted by Crippen LogP contribution is -2.32. The van der Waals surface area contributed by atoms with Crippen molar-refractivity contribution in [2.45, 2.75) is 0 Å². The first kappa shape index (κ1) is 19.2. The van der Waals surface area contributed by atoms with Gasteiger partial charge in [0.05, 0.1) is 17.8 Å². The standard InChI is InChI=1S/C24H17ClN2O4/c1-29-17-9-7-16(8-10-17)27-23(18-4-2-3-5-19(18)25)26-20(24(27)28)12-15-6-11-21-22(13-15)31-14-30-21/h2-13H,14H2,1H3/b20-12+. The van der Waals surface area contributed by atoms with Crippen molar-refractivity contribution in [1.82, 2.24) is 0 Å². The number of aliphatic imine (C=N–C) groups is 1. The van der Waals surface area contributed by atoms with Gasteiger partial charge in [0.15, 0.2) is 11.5 Å². The molecule has 0 aliphatic carbocycles. The lowest BCUT2D eigenvalue weighted by Gasteiger charge is -2.19. The van der Waals surface area contributed by atoms with Gasteiger partial charge in [-0.25, -0.2) is 4.99 Å². The molecule has 1 amide bonds. The number of benzene rings is 3. The van der Waals surface area contributed by atoms with Gasteiger partial charge in [0.25, 0.3) is 5.91 Å². The third kappa shape index (κ3) is 3.51. The molecule has 3 aromatic carbocycles. The Balaban J connectivity index is 1.60. The zero-order chi connectivity index (χ0) is 21.4. The smallest absolute Gasteiger partial charge is 0.282 e. The van der Waals surface area contributed by atoms with Crippen LogP contribution in [-0.4, -0.2) is 25.6 Å². The molecule has 5 rings (SSSR count). The molecule has 0 atom stereocenters. The molecule has 0 saturated carbocycles. The molecule has 2 aliphatic rings. The highest BCUT2D eigenvalue weighted by Gasteiger charge is 2.33. The number of amidine groups is 1. The Bertz CT molecular complexity index is 1230. The number of hydrogen-bond donors (Lipinski definition) is 0. The van der Waals surface area contributed by atoms with Crippen molar-refractivity contribution < 1.29 is 19.0 Å². The minimum atomic E-state index is -0.252. The number of anilines is 1. The van der Waals surface area contributed by atoms with Crippen molar-refractivity contribution in [3.05, 3.63) is 88.6 Å². The van der Waals surface area contributed by atoms with Gasteiger partial charge in [0, 0.05) is 5.56 Å². The van der Waals surface area contributed by atoms with Crippen LogP contribution < -0.4 is 19.1 Å². The molecule has 0 spiro atoms. The normalized spacial score (nSPS) is 16.1. The molecule has 0 fully saturated rings. The second-order valence-electron chi connectivity index (χ2n) is 6.90. The zero-order valence-electron chi connectivity index (χ0n) is 16.5. The first-order valence-electron chi connectivity index (χ1n) is 9.57. The highest BCUT2D eigenvalue weighted by atomic mass is 35.5. The van der Waals surface area contributed by atoms with Crippen LogP contribution in [0.25, 0.3) is 6.08 Å². The molecule has 154 valence electrons. The van der Waals surface area contributed by atoms with Gasteiger partial charge in [-0.2, -0.15) is 0 Å². The van der Waals surface area contributed by atoms with Crippen molar-refractivity contribution in [2.24, 2.45) is 4.99 Å². The van der Waals surface area contributed by atoms with E-state index in [1.807, 2.05) is 48.5 Å². The fourth-order valence-corrected chi connectivity index (χ4v) is 3.69. The average molecular weight is 433 g/mol. The Kier molecular flexibility index (Phi) is 4.84. The van der Waals surface area contributed by atoms with Gasteiger partial charge >= 0.3 is 0 Å². The first-order chi connectivity index (χ1) is 15.1. The van der Waals surface area contributed by atoms with Crippen LogP contribution in [0.3, 0.4) is 0 Å². The van der Waals surface area contributed by atoms with E-state index in [1.165, 1.54) is 0 Å². The number of nitrogens with zero attached hydrogens (tertiary/aromatic N) is 2. The predicted octanol–water partition coefficient (Wildman–Crippen LogP) is 4.91. The number of halogens is 1. The predicted molar refractivity (Wildman–Crippen MR) is 119 cm³/mol. The summed E-state index contributed by atoms with van der Waals surface area (Å²) in [5.74, 6) is 2.23. The molecule has 2 heterocycles. The van der Waals surface area contributed by atoms with Crippen LogP contribution in [0.2, 0.25) is 5.02 Å². The second-order valence-corrected chi connectivity index (χ2v) is 7.30. The molecule has 0 bridgehead atoms.